The number of methoxy groups -OCH3 is 2. The highest BCUT2D eigenvalue weighted by atomic mass is 31.2. The van der Waals surface area contributed by atoms with Crippen LogP contribution in [0.15, 0.2) is 48.5 Å². The van der Waals surface area contributed by atoms with E-state index in [4.69, 9.17) is 23.6 Å². The van der Waals surface area contributed by atoms with E-state index in [-0.39, 0.29) is 12.8 Å². The van der Waals surface area contributed by atoms with Gasteiger partial charge in [-0.3, -0.25) is 10.1 Å². The fourth-order valence-electron chi connectivity index (χ4n) is 1.98. The third-order valence-electron chi connectivity index (χ3n) is 3.19. The Hall–Kier alpha value is -2.70. The Balaban J connectivity index is 2.15. The van der Waals surface area contributed by atoms with E-state index in [1.807, 2.05) is 0 Å². The summed E-state index contributed by atoms with van der Waals surface area (Å²) in [6.07, 6.45) is -0.280. The maximum atomic E-state index is 13.1. The van der Waals surface area contributed by atoms with Gasteiger partial charge in [-0.1, -0.05) is 0 Å². The predicted octanol–water partition coefficient (Wildman–Crippen LogP) is 2.99. The van der Waals surface area contributed by atoms with E-state index in [1.165, 1.54) is 14.2 Å². The SMILES string of the molecule is COc1ccc(OP(=O)(CNCC(=O)O)Oc2ccc(OC)cc2)cc1. The molecule has 0 unspecified atom stereocenters. The Bertz CT molecular complexity index is 708. The Morgan fingerprint density at radius 1 is 0.885 bits per heavy atom. The number of benzene rings is 2. The van der Waals surface area contributed by atoms with Crippen molar-refractivity contribution >= 4 is 13.6 Å². The minimum atomic E-state index is -3.72. The van der Waals surface area contributed by atoms with Gasteiger partial charge in [-0.2, -0.15) is 0 Å². The van der Waals surface area contributed by atoms with Crippen LogP contribution in [0, 0.1) is 0 Å². The van der Waals surface area contributed by atoms with Crippen molar-refractivity contribution in [3.8, 4) is 23.0 Å². The minimum Gasteiger partial charge on any atom is -0.497 e. The van der Waals surface area contributed by atoms with Crippen molar-refractivity contribution in [1.29, 1.82) is 0 Å². The lowest BCUT2D eigenvalue weighted by molar-refractivity contribution is -0.135. The molecule has 26 heavy (non-hydrogen) atoms. The van der Waals surface area contributed by atoms with Crippen molar-refractivity contribution in [2.75, 3.05) is 27.1 Å². The lowest BCUT2D eigenvalue weighted by atomic mass is 10.3. The third-order valence-corrected chi connectivity index (χ3v) is 4.78. The molecule has 140 valence electrons. The van der Waals surface area contributed by atoms with Crippen LogP contribution in [0.3, 0.4) is 0 Å². The number of hydrogen-bond donors (Lipinski definition) is 2. The largest absolute Gasteiger partial charge is 0.497 e. The minimum absolute atomic E-state index is 0.280. The second-order valence-corrected chi connectivity index (χ2v) is 7.03. The van der Waals surface area contributed by atoms with Crippen LogP contribution in [0.4, 0.5) is 0 Å². The number of hydrogen-bond acceptors (Lipinski definition) is 7. The smallest absolute Gasteiger partial charge is 0.444 e. The monoisotopic (exact) mass is 381 g/mol. The van der Waals surface area contributed by atoms with Gasteiger partial charge in [0.25, 0.3) is 0 Å². The van der Waals surface area contributed by atoms with E-state index in [1.54, 1.807) is 48.5 Å². The van der Waals surface area contributed by atoms with E-state index in [0.717, 1.165) is 0 Å². The molecule has 2 aromatic carbocycles. The molecule has 8 nitrogen and oxygen atoms in total. The summed E-state index contributed by atoms with van der Waals surface area (Å²) in [5, 5.41) is 11.3. The van der Waals surface area contributed by atoms with E-state index in [0.29, 0.717) is 23.0 Å². The lowest BCUT2D eigenvalue weighted by Gasteiger charge is -2.20. The molecule has 0 heterocycles. The molecule has 0 saturated heterocycles. The van der Waals surface area contributed by atoms with Crippen LogP contribution in [0.5, 0.6) is 23.0 Å². The highest BCUT2D eigenvalue weighted by Crippen LogP contribution is 2.47. The molecule has 2 N–H and O–H groups in total. The molecule has 0 aliphatic heterocycles. The summed E-state index contributed by atoms with van der Waals surface area (Å²) in [6.45, 7) is -0.373. The Morgan fingerprint density at radius 3 is 1.62 bits per heavy atom. The molecule has 0 fully saturated rings. The van der Waals surface area contributed by atoms with Crippen LogP contribution in [0.2, 0.25) is 0 Å². The topological polar surface area (TPSA) is 103 Å². The Labute approximate surface area is 151 Å². The van der Waals surface area contributed by atoms with Gasteiger partial charge in [0.2, 0.25) is 0 Å². The van der Waals surface area contributed by atoms with E-state index in [9.17, 15) is 9.36 Å². The van der Waals surface area contributed by atoms with E-state index < -0.39 is 13.6 Å². The van der Waals surface area contributed by atoms with Crippen molar-refractivity contribution in [2.45, 2.75) is 0 Å². The van der Waals surface area contributed by atoms with Crippen LogP contribution < -0.4 is 23.8 Å². The summed E-state index contributed by atoms with van der Waals surface area (Å²) in [4.78, 5) is 10.7. The maximum absolute atomic E-state index is 13.1. The van der Waals surface area contributed by atoms with Gasteiger partial charge < -0.3 is 23.6 Å². The van der Waals surface area contributed by atoms with Crippen molar-refractivity contribution in [3.63, 3.8) is 0 Å². The summed E-state index contributed by atoms with van der Waals surface area (Å²) >= 11 is 0. The molecular formula is C17H20NO7P. The standard InChI is InChI=1S/C17H20NO7P/c1-22-13-3-7-15(8-4-13)24-26(21,12-18-11-17(19)20)25-16-9-5-14(23-2)6-10-16/h3-10,18H,11-12H2,1-2H3,(H,19,20). The van der Waals surface area contributed by atoms with E-state index >= 15 is 0 Å². The predicted molar refractivity (Wildman–Crippen MR) is 95.4 cm³/mol. The van der Waals surface area contributed by atoms with Gasteiger partial charge in [-0.15, -0.1) is 0 Å². The number of carbonyl (C=O) groups is 1. The Kier molecular flexibility index (Phi) is 6.89. The maximum Gasteiger partial charge on any atom is 0.444 e. The highest BCUT2D eigenvalue weighted by molar-refractivity contribution is 7.54. The molecule has 0 atom stereocenters. The number of nitrogens with one attached hydrogen (secondary N) is 1. The molecule has 9 heteroatoms. The summed E-state index contributed by atoms with van der Waals surface area (Å²) < 4.78 is 34.3. The first kappa shape index (κ1) is 19.6. The number of rotatable bonds is 10. The van der Waals surface area contributed by atoms with Crippen molar-refractivity contribution in [1.82, 2.24) is 5.32 Å². The first-order valence-electron chi connectivity index (χ1n) is 7.63. The molecular weight excluding hydrogens is 361 g/mol. The molecule has 0 radical (unpaired) electrons. The fourth-order valence-corrected chi connectivity index (χ4v) is 3.42. The van der Waals surface area contributed by atoms with Gasteiger partial charge >= 0.3 is 13.6 Å². The molecule has 2 aromatic rings. The van der Waals surface area contributed by atoms with Crippen LogP contribution in [-0.2, 0) is 9.36 Å². The molecule has 2 rings (SSSR count). The van der Waals surface area contributed by atoms with Crippen LogP contribution in [0.25, 0.3) is 0 Å². The number of carboxylic acids is 1. The molecule has 0 amide bonds. The van der Waals surface area contributed by atoms with Gasteiger partial charge in [-0.05, 0) is 48.5 Å². The van der Waals surface area contributed by atoms with Gasteiger partial charge in [0.05, 0.1) is 20.8 Å². The molecule has 0 saturated carbocycles. The molecule has 0 aliphatic carbocycles. The van der Waals surface area contributed by atoms with E-state index in [2.05, 4.69) is 5.32 Å². The average Bonchev–Trinajstić information content (AvgIpc) is 2.62. The molecule has 0 aliphatic rings. The molecule has 0 spiro atoms. The summed E-state index contributed by atoms with van der Waals surface area (Å²) in [6, 6.07) is 12.9. The van der Waals surface area contributed by atoms with Crippen LogP contribution >= 0.6 is 7.60 Å². The van der Waals surface area contributed by atoms with Gasteiger partial charge in [0, 0.05) is 0 Å². The zero-order valence-electron chi connectivity index (χ0n) is 14.4. The molecule has 0 bridgehead atoms. The number of aliphatic carboxylic acids is 1. The Morgan fingerprint density at radius 2 is 1.27 bits per heavy atom. The number of ether oxygens (including phenoxy) is 2. The first-order valence-corrected chi connectivity index (χ1v) is 9.36. The second-order valence-electron chi connectivity index (χ2n) is 5.12. The van der Waals surface area contributed by atoms with Crippen LogP contribution in [0.1, 0.15) is 0 Å². The van der Waals surface area contributed by atoms with Gasteiger partial charge in [0.15, 0.2) is 0 Å². The van der Waals surface area contributed by atoms with Crippen molar-refractivity contribution in [2.24, 2.45) is 0 Å². The highest BCUT2D eigenvalue weighted by Gasteiger charge is 2.28. The molecule has 0 aromatic heterocycles. The summed E-state index contributed by atoms with van der Waals surface area (Å²) in [7, 11) is -0.660. The van der Waals surface area contributed by atoms with Crippen LogP contribution in [-0.4, -0.2) is 38.1 Å². The van der Waals surface area contributed by atoms with Gasteiger partial charge in [0.1, 0.15) is 29.3 Å². The zero-order valence-corrected chi connectivity index (χ0v) is 15.3. The number of carboxylic acid groups (broad SMARTS) is 1. The van der Waals surface area contributed by atoms with Crippen molar-refractivity contribution in [3.05, 3.63) is 48.5 Å². The fraction of sp³-hybridized carbons (Fsp3) is 0.235. The van der Waals surface area contributed by atoms with Gasteiger partial charge in [-0.25, -0.2) is 4.57 Å². The summed E-state index contributed by atoms with van der Waals surface area (Å²) in [5.74, 6) is 0.768. The zero-order chi connectivity index (χ0) is 19.0. The second kappa shape index (κ2) is 9.12. The quantitative estimate of drug-likeness (QED) is 0.606. The normalized spacial score (nSPS) is 10.8. The average molecular weight is 381 g/mol. The summed E-state index contributed by atoms with van der Waals surface area (Å²) in [5.41, 5.74) is 0. The lowest BCUT2D eigenvalue weighted by Crippen LogP contribution is -2.25. The van der Waals surface area contributed by atoms with Crippen molar-refractivity contribution < 1.29 is 33.0 Å². The first-order chi connectivity index (χ1) is 12.4. The third kappa shape index (κ3) is 5.98.